The number of aromatic hydroxyl groups is 1. The highest BCUT2D eigenvalue weighted by atomic mass is 16.5. The molecule has 0 fully saturated rings. The van der Waals surface area contributed by atoms with Gasteiger partial charge in [-0.15, -0.1) is 0 Å². The van der Waals surface area contributed by atoms with E-state index in [1.165, 1.54) is 6.21 Å². The Morgan fingerprint density at radius 2 is 1.83 bits per heavy atom. The van der Waals surface area contributed by atoms with Crippen molar-refractivity contribution >= 4 is 17.8 Å². The first-order valence-electron chi connectivity index (χ1n) is 7.11. The van der Waals surface area contributed by atoms with E-state index in [-0.39, 0.29) is 11.7 Å². The zero-order chi connectivity index (χ0) is 16.7. The molecule has 0 aliphatic rings. The highest BCUT2D eigenvalue weighted by molar-refractivity contribution is 5.86. The Labute approximate surface area is 134 Å². The van der Waals surface area contributed by atoms with Crippen LogP contribution in [0.5, 0.6) is 11.5 Å². The minimum Gasteiger partial charge on any atom is -0.508 e. The first-order valence-corrected chi connectivity index (χ1v) is 7.11. The number of benzene rings is 2. The monoisotopic (exact) mass is 313 g/mol. The molecule has 2 rings (SSSR count). The van der Waals surface area contributed by atoms with Crippen molar-refractivity contribution in [2.45, 2.75) is 13.0 Å². The fourth-order valence-electron chi connectivity index (χ4n) is 1.83. The van der Waals surface area contributed by atoms with E-state index in [0.717, 1.165) is 17.0 Å². The number of methoxy groups -OCH3 is 1. The van der Waals surface area contributed by atoms with E-state index in [0.29, 0.717) is 0 Å². The van der Waals surface area contributed by atoms with Gasteiger partial charge in [0.25, 0.3) is 5.91 Å². The smallest absolute Gasteiger partial charge is 0.262 e. The Bertz CT molecular complexity index is 666. The van der Waals surface area contributed by atoms with Crippen molar-refractivity contribution in [1.82, 2.24) is 5.43 Å². The molecule has 0 aliphatic carbocycles. The molecule has 0 saturated heterocycles. The number of carbonyl (C=O) groups excluding carboxylic acids is 1. The Balaban J connectivity index is 1.85. The highest BCUT2D eigenvalue weighted by Gasteiger charge is 2.11. The van der Waals surface area contributed by atoms with Crippen LogP contribution in [0.15, 0.2) is 53.6 Å². The number of rotatable bonds is 6. The van der Waals surface area contributed by atoms with Crippen LogP contribution in [0.4, 0.5) is 5.69 Å². The normalized spacial score (nSPS) is 11.9. The molecular weight excluding hydrogens is 294 g/mol. The minimum absolute atomic E-state index is 0.184. The molecule has 1 atom stereocenters. The molecule has 0 spiro atoms. The molecule has 1 amide bonds. The lowest BCUT2D eigenvalue weighted by Gasteiger charge is -2.13. The summed E-state index contributed by atoms with van der Waals surface area (Å²) < 4.78 is 5.08. The zero-order valence-electron chi connectivity index (χ0n) is 13.0. The van der Waals surface area contributed by atoms with E-state index in [4.69, 9.17) is 4.74 Å². The number of ether oxygens (including phenoxy) is 1. The summed E-state index contributed by atoms with van der Waals surface area (Å²) in [6, 6.07) is 13.4. The molecule has 2 aromatic rings. The topological polar surface area (TPSA) is 83.0 Å². The van der Waals surface area contributed by atoms with Crippen LogP contribution in [-0.4, -0.2) is 30.4 Å². The van der Waals surface area contributed by atoms with Gasteiger partial charge in [-0.05, 0) is 61.0 Å². The van der Waals surface area contributed by atoms with Gasteiger partial charge in [0.2, 0.25) is 0 Å². The predicted molar refractivity (Wildman–Crippen MR) is 89.9 cm³/mol. The molecule has 0 aromatic heterocycles. The third-order valence-electron chi connectivity index (χ3n) is 3.15. The van der Waals surface area contributed by atoms with Gasteiger partial charge in [-0.3, -0.25) is 4.79 Å². The molecule has 0 aliphatic heterocycles. The third-order valence-corrected chi connectivity index (χ3v) is 3.15. The Hall–Kier alpha value is -3.02. The molecule has 0 radical (unpaired) electrons. The average Bonchev–Trinajstić information content (AvgIpc) is 2.57. The maximum absolute atomic E-state index is 12.0. The number of hydrazone groups is 1. The van der Waals surface area contributed by atoms with E-state index in [1.54, 1.807) is 38.3 Å². The molecular formula is C17H19N3O3. The summed E-state index contributed by atoms with van der Waals surface area (Å²) in [4.78, 5) is 12.0. The van der Waals surface area contributed by atoms with Crippen LogP contribution in [0.25, 0.3) is 0 Å². The number of carbonyl (C=O) groups is 1. The van der Waals surface area contributed by atoms with Crippen LogP contribution < -0.4 is 15.5 Å². The number of nitrogens with zero attached hydrogens (tertiary/aromatic N) is 1. The fraction of sp³-hybridized carbons (Fsp3) is 0.176. The third kappa shape index (κ3) is 5.03. The largest absolute Gasteiger partial charge is 0.508 e. The maximum Gasteiger partial charge on any atom is 0.262 e. The molecule has 0 unspecified atom stereocenters. The van der Waals surface area contributed by atoms with E-state index in [2.05, 4.69) is 15.8 Å². The minimum atomic E-state index is -0.444. The van der Waals surface area contributed by atoms with Crippen LogP contribution in [0.3, 0.4) is 0 Å². The second kappa shape index (κ2) is 7.84. The summed E-state index contributed by atoms with van der Waals surface area (Å²) in [6.07, 6.45) is 1.51. The lowest BCUT2D eigenvalue weighted by Crippen LogP contribution is -2.34. The van der Waals surface area contributed by atoms with Crippen LogP contribution >= 0.6 is 0 Å². The number of hydrogen-bond acceptors (Lipinski definition) is 5. The number of hydrogen-bond donors (Lipinski definition) is 3. The average molecular weight is 313 g/mol. The van der Waals surface area contributed by atoms with Gasteiger partial charge in [-0.25, -0.2) is 5.43 Å². The molecule has 0 bridgehead atoms. The van der Waals surface area contributed by atoms with Crippen LogP contribution in [0, 0.1) is 0 Å². The van der Waals surface area contributed by atoms with Gasteiger partial charge in [-0.2, -0.15) is 5.10 Å². The molecule has 0 heterocycles. The van der Waals surface area contributed by atoms with Crippen LogP contribution in [-0.2, 0) is 4.79 Å². The number of amides is 1. The number of nitrogens with one attached hydrogen (secondary N) is 2. The number of phenols is 1. The second-order valence-corrected chi connectivity index (χ2v) is 4.92. The lowest BCUT2D eigenvalue weighted by atomic mass is 10.2. The number of phenolic OH excluding ortho intramolecular Hbond substituents is 1. The molecule has 6 heteroatoms. The van der Waals surface area contributed by atoms with E-state index in [9.17, 15) is 9.90 Å². The van der Waals surface area contributed by atoms with Crippen molar-refractivity contribution in [2.24, 2.45) is 5.10 Å². The maximum atomic E-state index is 12.0. The van der Waals surface area contributed by atoms with Crippen molar-refractivity contribution in [3.8, 4) is 11.5 Å². The summed E-state index contributed by atoms with van der Waals surface area (Å²) in [5, 5.41) is 16.2. The first-order chi connectivity index (χ1) is 11.1. The second-order valence-electron chi connectivity index (χ2n) is 4.92. The SMILES string of the molecule is COc1ccc(N[C@H](C)C(=O)N/N=C\c2ccc(O)cc2)cc1. The van der Waals surface area contributed by atoms with Gasteiger partial charge in [0.15, 0.2) is 0 Å². The van der Waals surface area contributed by atoms with E-state index >= 15 is 0 Å². The lowest BCUT2D eigenvalue weighted by molar-refractivity contribution is -0.121. The van der Waals surface area contributed by atoms with Crippen molar-refractivity contribution in [3.05, 3.63) is 54.1 Å². The molecule has 0 saturated carbocycles. The summed E-state index contributed by atoms with van der Waals surface area (Å²) in [5.74, 6) is 0.686. The quantitative estimate of drug-likeness (QED) is 0.565. The van der Waals surface area contributed by atoms with Crippen molar-refractivity contribution in [2.75, 3.05) is 12.4 Å². The highest BCUT2D eigenvalue weighted by Crippen LogP contribution is 2.15. The summed E-state index contributed by atoms with van der Waals surface area (Å²) >= 11 is 0. The van der Waals surface area contributed by atoms with Gasteiger partial charge < -0.3 is 15.2 Å². The molecule has 2 aromatic carbocycles. The van der Waals surface area contributed by atoms with Crippen molar-refractivity contribution in [1.29, 1.82) is 0 Å². The van der Waals surface area contributed by atoms with Crippen LogP contribution in [0.1, 0.15) is 12.5 Å². The fourth-order valence-corrected chi connectivity index (χ4v) is 1.83. The standard InChI is InChI=1S/C17H19N3O3/c1-12(19-14-5-9-16(23-2)10-6-14)17(22)20-18-11-13-3-7-15(21)8-4-13/h3-12,19,21H,1-2H3,(H,20,22)/b18-11-/t12-/m1/s1. The predicted octanol–water partition coefficient (Wildman–Crippen LogP) is 2.35. The Morgan fingerprint density at radius 1 is 1.17 bits per heavy atom. The number of anilines is 1. The van der Waals surface area contributed by atoms with Crippen molar-refractivity contribution in [3.63, 3.8) is 0 Å². The van der Waals surface area contributed by atoms with Gasteiger partial charge in [-0.1, -0.05) is 0 Å². The van der Waals surface area contributed by atoms with Gasteiger partial charge in [0.1, 0.15) is 17.5 Å². The van der Waals surface area contributed by atoms with Crippen molar-refractivity contribution < 1.29 is 14.6 Å². The molecule has 6 nitrogen and oxygen atoms in total. The summed E-state index contributed by atoms with van der Waals surface area (Å²) in [5.41, 5.74) is 4.06. The van der Waals surface area contributed by atoms with Gasteiger partial charge in [0, 0.05) is 5.69 Å². The summed E-state index contributed by atoms with van der Waals surface area (Å²) in [7, 11) is 1.60. The molecule has 3 N–H and O–H groups in total. The Morgan fingerprint density at radius 3 is 2.43 bits per heavy atom. The first kappa shape index (κ1) is 16.4. The summed E-state index contributed by atoms with van der Waals surface area (Å²) in [6.45, 7) is 1.75. The Kier molecular flexibility index (Phi) is 5.57. The van der Waals surface area contributed by atoms with Crippen LogP contribution in [0.2, 0.25) is 0 Å². The molecule has 120 valence electrons. The van der Waals surface area contributed by atoms with E-state index in [1.807, 2.05) is 24.3 Å². The zero-order valence-corrected chi connectivity index (χ0v) is 13.0. The van der Waals surface area contributed by atoms with E-state index < -0.39 is 6.04 Å². The molecule has 23 heavy (non-hydrogen) atoms. The van der Waals surface area contributed by atoms with Gasteiger partial charge in [0.05, 0.1) is 13.3 Å². The van der Waals surface area contributed by atoms with Gasteiger partial charge >= 0.3 is 0 Å².